The standard InChI is InChI=1S/C18H20N6O4S2/c1-11-10-29-12(2)14(11)30(26,27)23-17(25)20-15-19-16(24(3)4)22-18(21-15)28-13-8-6-5-7-9-13/h5-10H,1-4H3,(H2,19,20,21,22,23,25). The van der Waals surface area contributed by atoms with Crippen molar-refractivity contribution in [2.75, 3.05) is 24.3 Å². The van der Waals surface area contributed by atoms with Gasteiger partial charge in [0.15, 0.2) is 0 Å². The van der Waals surface area contributed by atoms with E-state index in [0.29, 0.717) is 16.2 Å². The van der Waals surface area contributed by atoms with Crippen molar-refractivity contribution in [3.05, 3.63) is 46.2 Å². The number of aromatic nitrogens is 3. The molecule has 0 saturated heterocycles. The van der Waals surface area contributed by atoms with E-state index in [1.54, 1.807) is 62.5 Å². The molecule has 0 aliphatic heterocycles. The van der Waals surface area contributed by atoms with Gasteiger partial charge >= 0.3 is 12.0 Å². The van der Waals surface area contributed by atoms with Gasteiger partial charge in [-0.2, -0.15) is 15.0 Å². The van der Waals surface area contributed by atoms with Crippen LogP contribution in [0.1, 0.15) is 10.4 Å². The molecule has 1 aromatic carbocycles. The number of nitrogens with zero attached hydrogens (tertiary/aromatic N) is 4. The van der Waals surface area contributed by atoms with Crippen LogP contribution in [0.4, 0.5) is 16.7 Å². The second-order valence-electron chi connectivity index (χ2n) is 6.41. The van der Waals surface area contributed by atoms with Crippen molar-refractivity contribution in [1.29, 1.82) is 0 Å². The summed E-state index contributed by atoms with van der Waals surface area (Å²) in [5.74, 6) is 0.555. The molecule has 2 N–H and O–H groups in total. The van der Waals surface area contributed by atoms with Crippen molar-refractivity contribution < 1.29 is 17.9 Å². The van der Waals surface area contributed by atoms with Crippen LogP contribution in [0.5, 0.6) is 11.8 Å². The van der Waals surface area contributed by atoms with Crippen LogP contribution < -0.4 is 19.7 Å². The largest absolute Gasteiger partial charge is 0.424 e. The number of amides is 2. The van der Waals surface area contributed by atoms with E-state index >= 15 is 0 Å². The fourth-order valence-corrected chi connectivity index (χ4v) is 5.05. The predicted octanol–water partition coefficient (Wildman–Crippen LogP) is 2.92. The predicted molar refractivity (Wildman–Crippen MR) is 114 cm³/mol. The van der Waals surface area contributed by atoms with E-state index < -0.39 is 16.1 Å². The molecule has 2 aromatic heterocycles. The number of para-hydroxylation sites is 1. The van der Waals surface area contributed by atoms with Crippen LogP contribution in [0.15, 0.2) is 40.6 Å². The molecule has 2 amide bonds. The molecule has 0 unspecified atom stereocenters. The number of nitrogens with one attached hydrogen (secondary N) is 2. The highest BCUT2D eigenvalue weighted by molar-refractivity contribution is 7.90. The van der Waals surface area contributed by atoms with Crippen LogP contribution in [0.25, 0.3) is 0 Å². The second kappa shape index (κ2) is 8.63. The maximum atomic E-state index is 12.6. The quantitative estimate of drug-likeness (QED) is 0.589. The Kier molecular flexibility index (Phi) is 6.17. The normalized spacial score (nSPS) is 11.1. The first-order valence-corrected chi connectivity index (χ1v) is 11.1. The van der Waals surface area contributed by atoms with Gasteiger partial charge in [-0.15, -0.1) is 11.3 Å². The van der Waals surface area contributed by atoms with Crippen LogP contribution in [-0.4, -0.2) is 43.5 Å². The number of hydrogen-bond acceptors (Lipinski definition) is 9. The van der Waals surface area contributed by atoms with Gasteiger partial charge in [-0.3, -0.25) is 5.32 Å². The summed E-state index contributed by atoms with van der Waals surface area (Å²) in [4.78, 5) is 26.9. The van der Waals surface area contributed by atoms with Crippen LogP contribution >= 0.6 is 11.3 Å². The van der Waals surface area contributed by atoms with Crippen molar-refractivity contribution >= 4 is 39.3 Å². The van der Waals surface area contributed by atoms with Crippen LogP contribution in [0.3, 0.4) is 0 Å². The van der Waals surface area contributed by atoms with Crippen molar-refractivity contribution in [1.82, 2.24) is 19.7 Å². The van der Waals surface area contributed by atoms with Crippen LogP contribution in [-0.2, 0) is 10.0 Å². The zero-order valence-electron chi connectivity index (χ0n) is 16.7. The fourth-order valence-electron chi connectivity index (χ4n) is 2.50. The number of carbonyl (C=O) groups excluding carboxylic acids is 1. The SMILES string of the molecule is Cc1csc(C)c1S(=O)(=O)NC(=O)Nc1nc(Oc2ccccc2)nc(N(C)C)n1. The molecule has 3 aromatic rings. The zero-order chi connectivity index (χ0) is 21.9. The first-order valence-electron chi connectivity index (χ1n) is 8.70. The molecule has 0 spiro atoms. The van der Waals surface area contributed by atoms with Crippen LogP contribution in [0.2, 0.25) is 0 Å². The summed E-state index contributed by atoms with van der Waals surface area (Å²) in [6.45, 7) is 3.34. The number of benzene rings is 1. The molecule has 2 heterocycles. The van der Waals surface area contributed by atoms with E-state index in [9.17, 15) is 13.2 Å². The number of thiophene rings is 1. The maximum Gasteiger partial charge on any atom is 0.335 e. The Morgan fingerprint density at radius 3 is 2.40 bits per heavy atom. The Morgan fingerprint density at radius 2 is 1.80 bits per heavy atom. The molecule has 0 fully saturated rings. The molecule has 0 atom stereocenters. The first-order chi connectivity index (χ1) is 14.2. The molecule has 0 bridgehead atoms. The molecule has 0 saturated carbocycles. The molecule has 0 aliphatic carbocycles. The number of ether oxygens (including phenoxy) is 1. The molecular formula is C18H20N6O4S2. The highest BCUT2D eigenvalue weighted by Gasteiger charge is 2.24. The molecule has 158 valence electrons. The molecular weight excluding hydrogens is 428 g/mol. The summed E-state index contributed by atoms with van der Waals surface area (Å²) < 4.78 is 32.7. The third-order valence-corrected chi connectivity index (χ3v) is 6.54. The van der Waals surface area contributed by atoms with Crippen molar-refractivity contribution in [3.8, 4) is 11.8 Å². The summed E-state index contributed by atoms with van der Waals surface area (Å²) in [6, 6.07) is 7.79. The van der Waals surface area contributed by atoms with Crippen molar-refractivity contribution in [2.24, 2.45) is 0 Å². The number of aryl methyl sites for hydroxylation is 2. The third kappa shape index (κ3) is 5.02. The minimum atomic E-state index is -4.05. The number of rotatable bonds is 6. The Hall–Kier alpha value is -3.25. The molecule has 0 radical (unpaired) electrons. The van der Waals surface area contributed by atoms with E-state index in [-0.39, 0.29) is 22.8 Å². The van der Waals surface area contributed by atoms with E-state index in [1.807, 2.05) is 10.8 Å². The van der Waals surface area contributed by atoms with Gasteiger partial charge in [-0.25, -0.2) is 17.9 Å². The lowest BCUT2D eigenvalue weighted by molar-refractivity contribution is 0.256. The van der Waals surface area contributed by atoms with Gasteiger partial charge in [0.25, 0.3) is 10.0 Å². The van der Waals surface area contributed by atoms with E-state index in [1.165, 1.54) is 11.3 Å². The van der Waals surface area contributed by atoms with Gasteiger partial charge in [0.2, 0.25) is 11.9 Å². The lowest BCUT2D eigenvalue weighted by Crippen LogP contribution is -2.35. The van der Waals surface area contributed by atoms with E-state index in [4.69, 9.17) is 4.74 Å². The summed E-state index contributed by atoms with van der Waals surface area (Å²) >= 11 is 1.29. The van der Waals surface area contributed by atoms with Gasteiger partial charge in [0.1, 0.15) is 10.6 Å². The average Bonchev–Trinajstić information content (AvgIpc) is 3.01. The number of urea groups is 1. The molecule has 10 nitrogen and oxygen atoms in total. The fraction of sp³-hybridized carbons (Fsp3) is 0.222. The summed E-state index contributed by atoms with van der Waals surface area (Å²) in [6.07, 6.45) is 0. The number of anilines is 2. The van der Waals surface area contributed by atoms with Crippen LogP contribution in [0, 0.1) is 13.8 Å². The smallest absolute Gasteiger partial charge is 0.335 e. The second-order valence-corrected chi connectivity index (χ2v) is 9.12. The average molecular weight is 449 g/mol. The minimum absolute atomic E-state index is 0.0532. The Balaban J connectivity index is 1.82. The van der Waals surface area contributed by atoms with Gasteiger partial charge in [0.05, 0.1) is 0 Å². The van der Waals surface area contributed by atoms with E-state index in [0.717, 1.165) is 0 Å². The summed E-state index contributed by atoms with van der Waals surface area (Å²) in [5.41, 5.74) is 0.561. The number of sulfonamides is 1. The highest BCUT2D eigenvalue weighted by atomic mass is 32.2. The molecule has 0 aliphatic rings. The van der Waals surface area contributed by atoms with Gasteiger partial charge in [-0.05, 0) is 36.9 Å². The maximum absolute atomic E-state index is 12.6. The first kappa shape index (κ1) is 21.5. The summed E-state index contributed by atoms with van der Waals surface area (Å²) in [5, 5.41) is 4.04. The number of hydrogen-bond donors (Lipinski definition) is 2. The Bertz CT molecular complexity index is 1140. The Labute approximate surface area is 178 Å². The molecule has 3 rings (SSSR count). The Morgan fingerprint density at radius 1 is 1.10 bits per heavy atom. The van der Waals surface area contributed by atoms with E-state index in [2.05, 4.69) is 20.3 Å². The molecule has 12 heteroatoms. The van der Waals surface area contributed by atoms with Gasteiger partial charge in [0, 0.05) is 19.0 Å². The van der Waals surface area contributed by atoms with Gasteiger partial charge < -0.3 is 9.64 Å². The topological polar surface area (TPSA) is 126 Å². The monoisotopic (exact) mass is 448 g/mol. The summed E-state index contributed by atoms with van der Waals surface area (Å²) in [7, 11) is -0.634. The third-order valence-electron chi connectivity index (χ3n) is 3.77. The minimum Gasteiger partial charge on any atom is -0.424 e. The highest BCUT2D eigenvalue weighted by Crippen LogP contribution is 2.25. The molecule has 30 heavy (non-hydrogen) atoms. The zero-order valence-corrected chi connectivity index (χ0v) is 18.3. The number of carbonyl (C=O) groups is 1. The lowest BCUT2D eigenvalue weighted by Gasteiger charge is -2.13. The van der Waals surface area contributed by atoms with Crippen molar-refractivity contribution in [3.63, 3.8) is 0 Å². The van der Waals surface area contributed by atoms with Gasteiger partial charge in [-0.1, -0.05) is 18.2 Å². The lowest BCUT2D eigenvalue weighted by atomic mass is 10.3. The van der Waals surface area contributed by atoms with Crippen molar-refractivity contribution in [2.45, 2.75) is 18.7 Å².